The Balaban J connectivity index is 3.56. The summed E-state index contributed by atoms with van der Waals surface area (Å²) in [6, 6.07) is 3.29. The Morgan fingerprint density at radius 1 is 1.00 bits per heavy atom. The molecule has 1 rings (SSSR count). The second-order valence-corrected chi connectivity index (χ2v) is 3.14. The van der Waals surface area contributed by atoms with E-state index in [2.05, 4.69) is 12.0 Å². The molecule has 1 aromatic rings. The second-order valence-electron chi connectivity index (χ2n) is 3.14. The van der Waals surface area contributed by atoms with Crippen LogP contribution in [0, 0.1) is 46.1 Å². The summed E-state index contributed by atoms with van der Waals surface area (Å²) < 4.78 is 0. The maximum absolute atomic E-state index is 5.43. The predicted molar refractivity (Wildman–Crippen MR) is 52.2 cm³/mol. The van der Waals surface area contributed by atoms with E-state index in [1.165, 1.54) is 11.1 Å². The molecule has 0 aliphatic carbocycles. The molecular weight excluding hydrogens is 144 g/mol. The van der Waals surface area contributed by atoms with Crippen LogP contribution >= 0.6 is 0 Å². The van der Waals surface area contributed by atoms with E-state index in [4.69, 9.17) is 6.42 Å². The quantitative estimate of drug-likeness (QED) is 0.508. The summed E-state index contributed by atoms with van der Waals surface area (Å²) in [4.78, 5) is 0. The Hall–Kier alpha value is -1.22. The van der Waals surface area contributed by atoms with Crippen molar-refractivity contribution in [3.05, 3.63) is 33.9 Å². The van der Waals surface area contributed by atoms with Crippen molar-refractivity contribution in [1.82, 2.24) is 0 Å². The SMILES string of the molecule is C#Cc1c(C)c(C)[c]c(C)c1C. The van der Waals surface area contributed by atoms with Gasteiger partial charge in [0.2, 0.25) is 0 Å². The van der Waals surface area contributed by atoms with Crippen LogP contribution in [0.25, 0.3) is 0 Å². The van der Waals surface area contributed by atoms with Crippen molar-refractivity contribution in [3.8, 4) is 12.3 Å². The monoisotopic (exact) mass is 157 g/mol. The molecule has 0 aliphatic rings. The van der Waals surface area contributed by atoms with Crippen LogP contribution in [0.3, 0.4) is 0 Å². The molecule has 0 unspecified atom stereocenters. The van der Waals surface area contributed by atoms with E-state index in [0.29, 0.717) is 0 Å². The van der Waals surface area contributed by atoms with Gasteiger partial charge in [-0.25, -0.2) is 0 Å². The minimum atomic E-state index is 1.03. The molecule has 0 bridgehead atoms. The molecular formula is C12H13. The summed E-state index contributed by atoms with van der Waals surface area (Å²) in [5.74, 6) is 2.73. The van der Waals surface area contributed by atoms with Crippen LogP contribution < -0.4 is 0 Å². The molecule has 0 saturated heterocycles. The molecule has 0 spiro atoms. The standard InChI is InChI=1S/C12H13/c1-6-12-10(4)8(2)7-9(3)11(12)5/h1H,2-5H3. The highest BCUT2D eigenvalue weighted by molar-refractivity contribution is 5.51. The van der Waals surface area contributed by atoms with Gasteiger partial charge in [0, 0.05) is 5.56 Å². The average molecular weight is 157 g/mol. The Morgan fingerprint density at radius 3 is 1.75 bits per heavy atom. The third-order valence-corrected chi connectivity index (χ3v) is 2.39. The van der Waals surface area contributed by atoms with Crippen molar-refractivity contribution in [1.29, 1.82) is 0 Å². The first-order chi connectivity index (χ1) is 5.57. The van der Waals surface area contributed by atoms with Crippen molar-refractivity contribution in [2.45, 2.75) is 27.7 Å². The Morgan fingerprint density at radius 2 is 1.42 bits per heavy atom. The van der Waals surface area contributed by atoms with Crippen molar-refractivity contribution in [2.24, 2.45) is 0 Å². The topological polar surface area (TPSA) is 0 Å². The number of hydrogen-bond donors (Lipinski definition) is 0. The van der Waals surface area contributed by atoms with Gasteiger partial charge in [-0.15, -0.1) is 6.42 Å². The van der Waals surface area contributed by atoms with E-state index in [1.807, 2.05) is 27.7 Å². The van der Waals surface area contributed by atoms with Gasteiger partial charge in [-0.3, -0.25) is 0 Å². The lowest BCUT2D eigenvalue weighted by Crippen LogP contribution is -1.95. The van der Waals surface area contributed by atoms with E-state index in [9.17, 15) is 0 Å². The zero-order valence-corrected chi connectivity index (χ0v) is 8.08. The summed E-state index contributed by atoms with van der Waals surface area (Å²) in [6.45, 7) is 8.19. The van der Waals surface area contributed by atoms with Crippen LogP contribution in [0.2, 0.25) is 0 Å². The molecule has 0 N–H and O–H groups in total. The lowest BCUT2D eigenvalue weighted by atomic mass is 9.95. The average Bonchev–Trinajstić information content (AvgIpc) is 2.02. The van der Waals surface area contributed by atoms with Crippen LogP contribution in [0.5, 0.6) is 0 Å². The molecule has 0 heteroatoms. The highest BCUT2D eigenvalue weighted by Gasteiger charge is 2.05. The first kappa shape index (κ1) is 8.87. The van der Waals surface area contributed by atoms with Crippen LogP contribution in [0.15, 0.2) is 0 Å². The highest BCUT2D eigenvalue weighted by Crippen LogP contribution is 2.19. The Kier molecular flexibility index (Phi) is 2.24. The van der Waals surface area contributed by atoms with Gasteiger partial charge in [0.05, 0.1) is 0 Å². The molecule has 0 saturated carbocycles. The van der Waals surface area contributed by atoms with E-state index < -0.39 is 0 Å². The maximum atomic E-state index is 5.43. The predicted octanol–water partition coefficient (Wildman–Crippen LogP) is 2.70. The smallest absolute Gasteiger partial charge is 0.0306 e. The number of terminal acetylenes is 1. The van der Waals surface area contributed by atoms with Crippen LogP contribution in [-0.4, -0.2) is 0 Å². The first-order valence-electron chi connectivity index (χ1n) is 4.04. The molecule has 61 valence electrons. The minimum Gasteiger partial charge on any atom is -0.115 e. The molecule has 0 heterocycles. The summed E-state index contributed by atoms with van der Waals surface area (Å²) >= 11 is 0. The van der Waals surface area contributed by atoms with E-state index in [-0.39, 0.29) is 0 Å². The fourth-order valence-corrected chi connectivity index (χ4v) is 1.34. The molecule has 0 fully saturated rings. The zero-order valence-electron chi connectivity index (χ0n) is 8.08. The number of hydrogen-bond acceptors (Lipinski definition) is 0. The Labute approximate surface area is 74.6 Å². The van der Waals surface area contributed by atoms with E-state index >= 15 is 0 Å². The van der Waals surface area contributed by atoms with Crippen LogP contribution in [-0.2, 0) is 0 Å². The largest absolute Gasteiger partial charge is 0.115 e. The summed E-state index contributed by atoms with van der Waals surface area (Å²) in [5, 5.41) is 0. The summed E-state index contributed by atoms with van der Waals surface area (Å²) in [7, 11) is 0. The third kappa shape index (κ3) is 1.23. The third-order valence-electron chi connectivity index (χ3n) is 2.39. The molecule has 0 amide bonds. The molecule has 0 aliphatic heterocycles. The lowest BCUT2D eigenvalue weighted by Gasteiger charge is -2.09. The van der Waals surface area contributed by atoms with Crippen LogP contribution in [0.1, 0.15) is 27.8 Å². The van der Waals surface area contributed by atoms with Gasteiger partial charge in [-0.1, -0.05) is 5.92 Å². The fourth-order valence-electron chi connectivity index (χ4n) is 1.34. The second kappa shape index (κ2) is 3.03. The fraction of sp³-hybridized carbons (Fsp3) is 0.333. The molecule has 0 atom stereocenters. The Bertz CT molecular complexity index is 325. The van der Waals surface area contributed by atoms with Crippen molar-refractivity contribution >= 4 is 0 Å². The molecule has 1 radical (unpaired) electrons. The zero-order chi connectivity index (χ0) is 9.30. The van der Waals surface area contributed by atoms with Gasteiger partial charge in [0.25, 0.3) is 0 Å². The van der Waals surface area contributed by atoms with Gasteiger partial charge in [0.15, 0.2) is 0 Å². The van der Waals surface area contributed by atoms with E-state index in [1.54, 1.807) is 0 Å². The normalized spacial score (nSPS) is 9.58. The van der Waals surface area contributed by atoms with Crippen molar-refractivity contribution < 1.29 is 0 Å². The van der Waals surface area contributed by atoms with Crippen molar-refractivity contribution in [2.75, 3.05) is 0 Å². The molecule has 1 aromatic carbocycles. The number of benzene rings is 1. The van der Waals surface area contributed by atoms with Gasteiger partial charge < -0.3 is 0 Å². The van der Waals surface area contributed by atoms with Crippen molar-refractivity contribution in [3.63, 3.8) is 0 Å². The number of aryl methyl sites for hydroxylation is 2. The summed E-state index contributed by atoms with van der Waals surface area (Å²) in [5.41, 5.74) is 5.71. The first-order valence-corrected chi connectivity index (χ1v) is 4.04. The lowest BCUT2D eigenvalue weighted by molar-refractivity contribution is 1.21. The highest BCUT2D eigenvalue weighted by atomic mass is 14.1. The summed E-state index contributed by atoms with van der Waals surface area (Å²) in [6.07, 6.45) is 5.43. The van der Waals surface area contributed by atoms with Gasteiger partial charge in [-0.2, -0.15) is 0 Å². The van der Waals surface area contributed by atoms with Gasteiger partial charge in [-0.05, 0) is 56.0 Å². The van der Waals surface area contributed by atoms with E-state index in [0.717, 1.165) is 16.7 Å². The molecule has 0 nitrogen and oxygen atoms in total. The maximum Gasteiger partial charge on any atom is 0.0306 e. The molecule has 0 aromatic heterocycles. The number of rotatable bonds is 0. The molecule has 12 heavy (non-hydrogen) atoms. The van der Waals surface area contributed by atoms with Gasteiger partial charge in [0.1, 0.15) is 0 Å². The minimum absolute atomic E-state index is 1.03. The van der Waals surface area contributed by atoms with Crippen LogP contribution in [0.4, 0.5) is 0 Å². The van der Waals surface area contributed by atoms with Gasteiger partial charge >= 0.3 is 0 Å².